The van der Waals surface area contributed by atoms with Crippen molar-refractivity contribution in [2.75, 3.05) is 12.4 Å². The molecule has 1 atom stereocenters. The van der Waals surface area contributed by atoms with Crippen LogP contribution >= 0.6 is 11.8 Å². The second kappa shape index (κ2) is 12.6. The Bertz CT molecular complexity index is 846. The van der Waals surface area contributed by atoms with E-state index in [2.05, 4.69) is 39.0 Å². The molecule has 1 unspecified atom stereocenters. The number of hydrogen-bond donors (Lipinski definition) is 3. The molecule has 0 aliphatic heterocycles. The van der Waals surface area contributed by atoms with E-state index in [4.69, 9.17) is 4.74 Å². The molecule has 0 aliphatic carbocycles. The molecular formula is C27H40O4S. The van der Waals surface area contributed by atoms with Crippen LogP contribution in [0.25, 0.3) is 0 Å². The highest BCUT2D eigenvalue weighted by Gasteiger charge is 2.30. The standard InChI is InChI=1S/C27H40O4S/c1-6-20-13-23(10-12-26(20)32-17-25(30)19(4)5)27(7-2,8-3)18-31-24-11-9-21(15-28)22(14-24)16-29/h9-14,19,25,28-30H,6-8,15-18H2,1-5H3. The molecule has 0 spiro atoms. The number of hydrogen-bond acceptors (Lipinski definition) is 5. The van der Waals surface area contributed by atoms with Gasteiger partial charge in [0.2, 0.25) is 0 Å². The maximum atomic E-state index is 10.2. The number of aliphatic hydroxyl groups excluding tert-OH is 3. The van der Waals surface area contributed by atoms with Gasteiger partial charge in [0, 0.05) is 16.1 Å². The molecule has 0 bridgehead atoms. The van der Waals surface area contributed by atoms with Crippen LogP contribution in [0.4, 0.5) is 0 Å². The summed E-state index contributed by atoms with van der Waals surface area (Å²) < 4.78 is 6.23. The number of aliphatic hydroxyl groups is 3. The molecule has 5 heteroatoms. The van der Waals surface area contributed by atoms with E-state index in [-0.39, 0.29) is 30.7 Å². The lowest BCUT2D eigenvalue weighted by Crippen LogP contribution is -2.32. The normalized spacial score (nSPS) is 12.9. The minimum absolute atomic E-state index is 0.0949. The Labute approximate surface area is 198 Å². The second-order valence-corrected chi connectivity index (χ2v) is 9.88. The first-order valence-corrected chi connectivity index (χ1v) is 12.7. The van der Waals surface area contributed by atoms with E-state index < -0.39 is 0 Å². The Morgan fingerprint density at radius 3 is 2.16 bits per heavy atom. The Hall–Kier alpha value is -1.53. The predicted octanol–water partition coefficient (Wildman–Crippen LogP) is 5.48. The van der Waals surface area contributed by atoms with Crippen LogP contribution in [-0.4, -0.2) is 33.8 Å². The molecule has 32 heavy (non-hydrogen) atoms. The summed E-state index contributed by atoms with van der Waals surface area (Å²) in [5.74, 6) is 1.68. The molecule has 0 fully saturated rings. The molecule has 3 N–H and O–H groups in total. The smallest absolute Gasteiger partial charge is 0.119 e. The van der Waals surface area contributed by atoms with Crippen molar-refractivity contribution in [2.45, 2.75) is 83.5 Å². The molecule has 0 saturated carbocycles. The Morgan fingerprint density at radius 1 is 0.906 bits per heavy atom. The Kier molecular flexibility index (Phi) is 10.6. The van der Waals surface area contributed by atoms with Crippen LogP contribution in [0.5, 0.6) is 5.75 Å². The summed E-state index contributed by atoms with van der Waals surface area (Å²) in [5, 5.41) is 29.2. The van der Waals surface area contributed by atoms with Crippen LogP contribution in [0.1, 0.15) is 69.7 Å². The largest absolute Gasteiger partial charge is 0.493 e. The van der Waals surface area contributed by atoms with Gasteiger partial charge in [0.05, 0.1) is 25.9 Å². The van der Waals surface area contributed by atoms with Crippen molar-refractivity contribution in [1.29, 1.82) is 0 Å². The quantitative estimate of drug-likeness (QED) is 0.345. The molecule has 2 aromatic rings. The zero-order valence-electron chi connectivity index (χ0n) is 20.2. The molecule has 178 valence electrons. The lowest BCUT2D eigenvalue weighted by Gasteiger charge is -2.33. The summed E-state index contributed by atoms with van der Waals surface area (Å²) in [6.45, 7) is 11.0. The third-order valence-electron chi connectivity index (χ3n) is 6.62. The molecule has 4 nitrogen and oxygen atoms in total. The molecule has 0 aliphatic rings. The van der Waals surface area contributed by atoms with Gasteiger partial charge in [0.1, 0.15) is 5.75 Å². The lowest BCUT2D eigenvalue weighted by atomic mass is 9.76. The first-order chi connectivity index (χ1) is 15.3. The van der Waals surface area contributed by atoms with Gasteiger partial charge in [-0.25, -0.2) is 0 Å². The van der Waals surface area contributed by atoms with Crippen LogP contribution in [-0.2, 0) is 25.0 Å². The monoisotopic (exact) mass is 460 g/mol. The fourth-order valence-electron chi connectivity index (χ4n) is 3.85. The van der Waals surface area contributed by atoms with Gasteiger partial charge in [-0.1, -0.05) is 52.8 Å². The van der Waals surface area contributed by atoms with Crippen LogP contribution in [0, 0.1) is 5.92 Å². The van der Waals surface area contributed by atoms with Gasteiger partial charge in [-0.3, -0.25) is 0 Å². The fraction of sp³-hybridized carbons (Fsp3) is 0.556. The average Bonchev–Trinajstić information content (AvgIpc) is 2.83. The molecule has 2 aromatic carbocycles. The van der Waals surface area contributed by atoms with Crippen LogP contribution in [0.2, 0.25) is 0 Å². The van der Waals surface area contributed by atoms with Crippen molar-refractivity contribution in [1.82, 2.24) is 0 Å². The van der Waals surface area contributed by atoms with Crippen LogP contribution in [0.3, 0.4) is 0 Å². The highest BCUT2D eigenvalue weighted by atomic mass is 32.2. The van der Waals surface area contributed by atoms with Crippen molar-refractivity contribution in [3.63, 3.8) is 0 Å². The van der Waals surface area contributed by atoms with Gasteiger partial charge in [0.15, 0.2) is 0 Å². The van der Waals surface area contributed by atoms with E-state index in [1.54, 1.807) is 11.8 Å². The Morgan fingerprint density at radius 2 is 1.59 bits per heavy atom. The topological polar surface area (TPSA) is 69.9 Å². The summed E-state index contributed by atoms with van der Waals surface area (Å²) >= 11 is 1.74. The number of aryl methyl sites for hydroxylation is 1. The zero-order chi connectivity index (χ0) is 23.7. The van der Waals surface area contributed by atoms with Gasteiger partial charge in [-0.2, -0.15) is 0 Å². The molecule has 0 saturated heterocycles. The minimum atomic E-state index is -0.302. The first-order valence-electron chi connectivity index (χ1n) is 11.7. The zero-order valence-corrected chi connectivity index (χ0v) is 21.0. The summed E-state index contributed by atoms with van der Waals surface area (Å²) in [7, 11) is 0. The summed E-state index contributed by atoms with van der Waals surface area (Å²) in [6.07, 6.45) is 2.55. The first kappa shape index (κ1) is 26.7. The van der Waals surface area contributed by atoms with E-state index in [0.29, 0.717) is 23.7 Å². The molecule has 2 rings (SSSR count). The highest BCUT2D eigenvalue weighted by Crippen LogP contribution is 2.36. The molecule has 0 radical (unpaired) electrons. The third kappa shape index (κ3) is 6.50. The average molecular weight is 461 g/mol. The van der Waals surface area contributed by atoms with Crippen LogP contribution in [0.15, 0.2) is 41.3 Å². The summed E-state index contributed by atoms with van der Waals surface area (Å²) in [4.78, 5) is 1.24. The van der Waals surface area contributed by atoms with Gasteiger partial charge >= 0.3 is 0 Å². The van der Waals surface area contributed by atoms with Gasteiger partial charge < -0.3 is 20.1 Å². The van der Waals surface area contributed by atoms with E-state index in [0.717, 1.165) is 24.8 Å². The SMILES string of the molecule is CCc1cc(C(CC)(CC)COc2ccc(CO)c(CO)c2)ccc1SCC(O)C(C)C. The maximum absolute atomic E-state index is 10.2. The maximum Gasteiger partial charge on any atom is 0.119 e. The van der Waals surface area contributed by atoms with Crippen molar-refractivity contribution < 1.29 is 20.1 Å². The highest BCUT2D eigenvalue weighted by molar-refractivity contribution is 7.99. The third-order valence-corrected chi connectivity index (χ3v) is 7.84. The van der Waals surface area contributed by atoms with Gasteiger partial charge in [-0.05, 0) is 65.6 Å². The number of benzene rings is 2. The van der Waals surface area contributed by atoms with E-state index in [1.165, 1.54) is 16.0 Å². The number of rotatable bonds is 13. The Balaban J connectivity index is 2.24. The van der Waals surface area contributed by atoms with E-state index in [1.807, 2.05) is 32.0 Å². The fourth-order valence-corrected chi connectivity index (χ4v) is 5.14. The molecule has 0 aromatic heterocycles. The van der Waals surface area contributed by atoms with E-state index >= 15 is 0 Å². The van der Waals surface area contributed by atoms with Gasteiger partial charge in [-0.15, -0.1) is 11.8 Å². The van der Waals surface area contributed by atoms with Crippen molar-refractivity contribution in [3.05, 3.63) is 58.7 Å². The van der Waals surface area contributed by atoms with Crippen molar-refractivity contribution >= 4 is 11.8 Å². The van der Waals surface area contributed by atoms with Crippen molar-refractivity contribution in [3.8, 4) is 5.75 Å². The lowest BCUT2D eigenvalue weighted by molar-refractivity contribution is 0.149. The number of ether oxygens (including phenoxy) is 1. The second-order valence-electron chi connectivity index (χ2n) is 8.82. The number of thioether (sulfide) groups is 1. The molecular weight excluding hydrogens is 420 g/mol. The summed E-state index contributed by atoms with van der Waals surface area (Å²) in [6, 6.07) is 12.2. The van der Waals surface area contributed by atoms with Crippen LogP contribution < -0.4 is 4.74 Å². The summed E-state index contributed by atoms with van der Waals surface area (Å²) in [5.41, 5.74) is 3.90. The van der Waals surface area contributed by atoms with Crippen molar-refractivity contribution in [2.24, 2.45) is 5.92 Å². The predicted molar refractivity (Wildman–Crippen MR) is 133 cm³/mol. The minimum Gasteiger partial charge on any atom is -0.493 e. The van der Waals surface area contributed by atoms with Gasteiger partial charge in [0.25, 0.3) is 0 Å². The molecule has 0 amide bonds. The van der Waals surface area contributed by atoms with E-state index in [9.17, 15) is 15.3 Å². The molecule has 0 heterocycles.